The molecule has 0 radical (unpaired) electrons. The molecule has 0 atom stereocenters. The highest BCUT2D eigenvalue weighted by molar-refractivity contribution is 5.85. The molecule has 1 aliphatic rings. The first kappa shape index (κ1) is 17.8. The van der Waals surface area contributed by atoms with Crippen molar-refractivity contribution in [3.8, 4) is 5.75 Å². The molecule has 0 unspecified atom stereocenters. The number of carbonyl (C=O) groups is 1. The molecule has 1 amide bonds. The van der Waals surface area contributed by atoms with E-state index in [0.717, 1.165) is 24.4 Å². The van der Waals surface area contributed by atoms with Gasteiger partial charge < -0.3 is 20.1 Å². The van der Waals surface area contributed by atoms with Crippen LogP contribution in [0.25, 0.3) is 0 Å². The van der Waals surface area contributed by atoms with Crippen molar-refractivity contribution in [1.29, 1.82) is 0 Å². The van der Waals surface area contributed by atoms with Gasteiger partial charge in [0.05, 0.1) is 6.61 Å². The first-order valence-electron chi connectivity index (χ1n) is 8.32. The molecule has 0 saturated carbocycles. The monoisotopic (exact) mass is 320 g/mol. The lowest BCUT2D eigenvalue weighted by molar-refractivity contribution is -0.146. The van der Waals surface area contributed by atoms with Gasteiger partial charge in [-0.2, -0.15) is 0 Å². The first-order valence-corrected chi connectivity index (χ1v) is 8.32. The lowest BCUT2D eigenvalue weighted by atomic mass is 9.91. The molecule has 1 aromatic rings. The molecule has 0 bridgehead atoms. The zero-order valence-electron chi connectivity index (χ0n) is 14.4. The normalized spacial score (nSPS) is 17.0. The van der Waals surface area contributed by atoms with Crippen LogP contribution in [0, 0.1) is 5.92 Å². The van der Waals surface area contributed by atoms with E-state index in [0.29, 0.717) is 31.9 Å². The Balaban J connectivity index is 1.98. The molecule has 1 aliphatic heterocycles. The van der Waals surface area contributed by atoms with Crippen molar-refractivity contribution in [3.05, 3.63) is 29.8 Å². The Morgan fingerprint density at radius 1 is 1.30 bits per heavy atom. The van der Waals surface area contributed by atoms with Gasteiger partial charge in [0.25, 0.3) is 5.91 Å². The summed E-state index contributed by atoms with van der Waals surface area (Å²) in [7, 11) is 1.62. The molecular weight excluding hydrogens is 292 g/mol. The Labute approximate surface area is 138 Å². The average molecular weight is 320 g/mol. The molecule has 2 rings (SSSR count). The van der Waals surface area contributed by atoms with Crippen molar-refractivity contribution in [3.63, 3.8) is 0 Å². The molecule has 0 spiro atoms. The second kappa shape index (κ2) is 8.31. The SMILES string of the molecule is COC1(C(=O)NCc2ccccc2OCC(C)C)CCNCC1. The third kappa shape index (κ3) is 4.69. The number of amides is 1. The highest BCUT2D eigenvalue weighted by Crippen LogP contribution is 2.24. The van der Waals surface area contributed by atoms with E-state index in [1.54, 1.807) is 7.11 Å². The summed E-state index contributed by atoms with van der Waals surface area (Å²) < 4.78 is 11.4. The van der Waals surface area contributed by atoms with Gasteiger partial charge in [-0.3, -0.25) is 4.79 Å². The minimum atomic E-state index is -0.709. The van der Waals surface area contributed by atoms with Gasteiger partial charge in [0.1, 0.15) is 11.4 Å². The standard InChI is InChI=1S/C18H28N2O3/c1-14(2)13-23-16-7-5-4-6-15(16)12-20-17(21)18(22-3)8-10-19-11-9-18/h4-7,14,19H,8-13H2,1-3H3,(H,20,21). The van der Waals surface area contributed by atoms with E-state index in [1.807, 2.05) is 24.3 Å². The van der Waals surface area contributed by atoms with Crippen LogP contribution in [0.15, 0.2) is 24.3 Å². The summed E-state index contributed by atoms with van der Waals surface area (Å²) in [4.78, 5) is 12.6. The lowest BCUT2D eigenvalue weighted by Crippen LogP contribution is -2.53. The van der Waals surface area contributed by atoms with Crippen molar-refractivity contribution in [2.24, 2.45) is 5.92 Å². The maximum Gasteiger partial charge on any atom is 0.252 e. The molecule has 0 aliphatic carbocycles. The number of benzene rings is 1. The van der Waals surface area contributed by atoms with Gasteiger partial charge in [0.15, 0.2) is 0 Å². The van der Waals surface area contributed by atoms with E-state index in [4.69, 9.17) is 9.47 Å². The zero-order chi connectivity index (χ0) is 16.7. The summed E-state index contributed by atoms with van der Waals surface area (Å²) in [6.07, 6.45) is 1.39. The number of carbonyl (C=O) groups excluding carboxylic acids is 1. The number of hydrogen-bond acceptors (Lipinski definition) is 4. The van der Waals surface area contributed by atoms with Gasteiger partial charge in [-0.1, -0.05) is 32.0 Å². The maximum atomic E-state index is 12.6. The topological polar surface area (TPSA) is 59.6 Å². The number of methoxy groups -OCH3 is 1. The molecule has 2 N–H and O–H groups in total. The summed E-state index contributed by atoms with van der Waals surface area (Å²) in [6, 6.07) is 7.84. The van der Waals surface area contributed by atoms with Crippen LogP contribution in [0.5, 0.6) is 5.75 Å². The molecule has 23 heavy (non-hydrogen) atoms. The molecule has 5 heteroatoms. The van der Waals surface area contributed by atoms with Gasteiger partial charge in [-0.25, -0.2) is 0 Å². The number of hydrogen-bond donors (Lipinski definition) is 2. The van der Waals surface area contributed by atoms with E-state index in [1.165, 1.54) is 0 Å². The second-order valence-electron chi connectivity index (χ2n) is 6.44. The van der Waals surface area contributed by atoms with Gasteiger partial charge in [0, 0.05) is 19.2 Å². The third-order valence-corrected chi connectivity index (χ3v) is 4.20. The predicted molar refractivity (Wildman–Crippen MR) is 90.5 cm³/mol. The van der Waals surface area contributed by atoms with Crippen molar-refractivity contribution in [1.82, 2.24) is 10.6 Å². The van der Waals surface area contributed by atoms with Crippen molar-refractivity contribution in [2.75, 3.05) is 26.8 Å². The minimum absolute atomic E-state index is 0.0415. The van der Waals surface area contributed by atoms with Crippen LogP contribution >= 0.6 is 0 Å². The van der Waals surface area contributed by atoms with Gasteiger partial charge in [-0.15, -0.1) is 0 Å². The van der Waals surface area contributed by atoms with Crippen LogP contribution in [0.2, 0.25) is 0 Å². The van der Waals surface area contributed by atoms with Gasteiger partial charge >= 0.3 is 0 Å². The molecule has 5 nitrogen and oxygen atoms in total. The zero-order valence-corrected chi connectivity index (χ0v) is 14.4. The van der Waals surface area contributed by atoms with Crippen LogP contribution in [-0.4, -0.2) is 38.3 Å². The van der Waals surface area contributed by atoms with Crippen molar-refractivity contribution < 1.29 is 14.3 Å². The molecule has 1 aromatic carbocycles. The summed E-state index contributed by atoms with van der Waals surface area (Å²) in [5, 5.41) is 6.28. The fourth-order valence-electron chi connectivity index (χ4n) is 2.74. The first-order chi connectivity index (χ1) is 11.1. The largest absolute Gasteiger partial charge is 0.493 e. The predicted octanol–water partition coefficient (Wildman–Crippen LogP) is 2.11. The number of ether oxygens (including phenoxy) is 2. The highest BCUT2D eigenvalue weighted by Gasteiger charge is 2.39. The van der Waals surface area contributed by atoms with Crippen molar-refractivity contribution in [2.45, 2.75) is 38.8 Å². The number of nitrogens with one attached hydrogen (secondary N) is 2. The van der Waals surface area contributed by atoms with Crippen LogP contribution in [0.1, 0.15) is 32.3 Å². The summed E-state index contributed by atoms with van der Waals surface area (Å²) in [6.45, 7) is 6.95. The van der Waals surface area contributed by atoms with Gasteiger partial charge in [-0.05, 0) is 37.9 Å². The number of rotatable bonds is 7. The molecule has 1 fully saturated rings. The van der Waals surface area contributed by atoms with Crippen LogP contribution in [0.4, 0.5) is 0 Å². The van der Waals surface area contributed by atoms with Crippen LogP contribution in [-0.2, 0) is 16.1 Å². The Kier molecular flexibility index (Phi) is 6.42. The average Bonchev–Trinajstić information content (AvgIpc) is 2.59. The summed E-state index contributed by atoms with van der Waals surface area (Å²) >= 11 is 0. The Morgan fingerprint density at radius 2 is 2.00 bits per heavy atom. The summed E-state index contributed by atoms with van der Waals surface area (Å²) in [5.41, 5.74) is 0.278. The maximum absolute atomic E-state index is 12.6. The fraction of sp³-hybridized carbons (Fsp3) is 0.611. The molecule has 1 saturated heterocycles. The number of para-hydroxylation sites is 1. The Morgan fingerprint density at radius 3 is 2.65 bits per heavy atom. The second-order valence-corrected chi connectivity index (χ2v) is 6.44. The molecule has 1 heterocycles. The molecule has 0 aromatic heterocycles. The minimum Gasteiger partial charge on any atom is -0.493 e. The van der Waals surface area contributed by atoms with Gasteiger partial charge in [0.2, 0.25) is 0 Å². The summed E-state index contributed by atoms with van der Waals surface area (Å²) in [5.74, 6) is 1.25. The third-order valence-electron chi connectivity index (χ3n) is 4.20. The Bertz CT molecular complexity index is 511. The van der Waals surface area contributed by atoms with Crippen LogP contribution in [0.3, 0.4) is 0 Å². The van der Waals surface area contributed by atoms with E-state index in [2.05, 4.69) is 24.5 Å². The smallest absolute Gasteiger partial charge is 0.252 e. The molecule has 128 valence electrons. The number of piperidine rings is 1. The van der Waals surface area contributed by atoms with E-state index in [9.17, 15) is 4.79 Å². The van der Waals surface area contributed by atoms with E-state index < -0.39 is 5.60 Å². The van der Waals surface area contributed by atoms with E-state index >= 15 is 0 Å². The quantitative estimate of drug-likeness (QED) is 0.808. The molecular formula is C18H28N2O3. The Hall–Kier alpha value is -1.59. The van der Waals surface area contributed by atoms with Crippen LogP contribution < -0.4 is 15.4 Å². The fourth-order valence-corrected chi connectivity index (χ4v) is 2.74. The van der Waals surface area contributed by atoms with Crippen molar-refractivity contribution >= 4 is 5.91 Å². The lowest BCUT2D eigenvalue weighted by Gasteiger charge is -2.34. The van der Waals surface area contributed by atoms with E-state index in [-0.39, 0.29) is 5.91 Å². The highest BCUT2D eigenvalue weighted by atomic mass is 16.5.